The lowest BCUT2D eigenvalue weighted by molar-refractivity contribution is 0.326. The fourth-order valence-corrected chi connectivity index (χ4v) is 3.68. The molecule has 2 rings (SSSR count). The van der Waals surface area contributed by atoms with Crippen LogP contribution in [0.5, 0.6) is 0 Å². The largest absolute Gasteiger partial charge is 0.411 e. The standard InChI is InChI=1S/C23H30OSi/c1-2-3-4-5-6-7-14-19-24-25-23(22-17-12-9-13-18-22)20-21-15-10-8-11-16-21/h8-13,15-18,20H,2-7,14,19H2,1H3/b23-20-. The van der Waals surface area contributed by atoms with Crippen molar-refractivity contribution in [2.75, 3.05) is 6.61 Å². The molecule has 0 heterocycles. The normalized spacial score (nSPS) is 11.6. The molecular weight excluding hydrogens is 320 g/mol. The summed E-state index contributed by atoms with van der Waals surface area (Å²) in [5, 5.41) is 1.27. The van der Waals surface area contributed by atoms with E-state index in [-0.39, 0.29) is 0 Å². The molecule has 132 valence electrons. The molecule has 0 spiro atoms. The summed E-state index contributed by atoms with van der Waals surface area (Å²) in [6.07, 6.45) is 11.5. The van der Waals surface area contributed by atoms with Gasteiger partial charge in [0.05, 0.1) is 0 Å². The van der Waals surface area contributed by atoms with Crippen molar-refractivity contribution >= 4 is 21.0 Å². The molecule has 0 aliphatic heterocycles. The number of unbranched alkanes of at least 4 members (excludes halogenated alkanes) is 6. The Morgan fingerprint density at radius 3 is 2.08 bits per heavy atom. The average Bonchev–Trinajstić information content (AvgIpc) is 2.67. The van der Waals surface area contributed by atoms with Crippen molar-refractivity contribution in [3.8, 4) is 0 Å². The fourth-order valence-electron chi connectivity index (χ4n) is 2.77. The van der Waals surface area contributed by atoms with Crippen molar-refractivity contribution in [3.63, 3.8) is 0 Å². The Morgan fingerprint density at radius 1 is 0.800 bits per heavy atom. The number of hydrogen-bond donors (Lipinski definition) is 0. The van der Waals surface area contributed by atoms with Crippen LogP contribution >= 0.6 is 0 Å². The van der Waals surface area contributed by atoms with Crippen LogP contribution in [0.4, 0.5) is 0 Å². The van der Waals surface area contributed by atoms with Gasteiger partial charge in [0.25, 0.3) is 9.76 Å². The van der Waals surface area contributed by atoms with E-state index in [2.05, 4.69) is 73.7 Å². The maximum absolute atomic E-state index is 6.01. The van der Waals surface area contributed by atoms with Gasteiger partial charge in [-0.25, -0.2) is 0 Å². The second kappa shape index (κ2) is 12.7. The second-order valence-corrected chi connectivity index (χ2v) is 7.44. The van der Waals surface area contributed by atoms with Crippen LogP contribution in [0.2, 0.25) is 0 Å². The molecular formula is C23H30OSi. The van der Waals surface area contributed by atoms with E-state index < -0.39 is 0 Å². The SMILES string of the molecule is CCCCCCCCCO[Si]/C(=C\c1ccccc1)c1ccccc1. The lowest BCUT2D eigenvalue weighted by atomic mass is 10.1. The van der Waals surface area contributed by atoms with Crippen molar-refractivity contribution in [3.05, 3.63) is 71.8 Å². The van der Waals surface area contributed by atoms with Crippen LogP contribution in [0.25, 0.3) is 11.3 Å². The van der Waals surface area contributed by atoms with Gasteiger partial charge < -0.3 is 4.43 Å². The summed E-state index contributed by atoms with van der Waals surface area (Å²) in [5.41, 5.74) is 2.48. The van der Waals surface area contributed by atoms with E-state index in [1.54, 1.807) is 0 Å². The van der Waals surface area contributed by atoms with E-state index in [1.807, 2.05) is 0 Å². The zero-order chi connectivity index (χ0) is 17.6. The first kappa shape index (κ1) is 19.7. The van der Waals surface area contributed by atoms with Gasteiger partial charge in [-0.3, -0.25) is 0 Å². The minimum Gasteiger partial charge on any atom is -0.411 e. The molecule has 0 aliphatic rings. The van der Waals surface area contributed by atoms with Gasteiger partial charge in [-0.15, -0.1) is 0 Å². The molecule has 2 aromatic rings. The second-order valence-electron chi connectivity index (χ2n) is 6.41. The molecule has 0 atom stereocenters. The van der Waals surface area contributed by atoms with Crippen molar-refractivity contribution in [1.29, 1.82) is 0 Å². The Morgan fingerprint density at radius 2 is 1.40 bits per heavy atom. The van der Waals surface area contributed by atoms with Gasteiger partial charge in [0, 0.05) is 6.61 Å². The highest BCUT2D eigenvalue weighted by Gasteiger charge is 2.05. The molecule has 0 bridgehead atoms. The minimum absolute atomic E-state index is 0.400. The van der Waals surface area contributed by atoms with Gasteiger partial charge in [-0.2, -0.15) is 0 Å². The Labute approximate surface area is 156 Å². The summed E-state index contributed by atoms with van der Waals surface area (Å²) >= 11 is 0. The molecule has 25 heavy (non-hydrogen) atoms. The van der Waals surface area contributed by atoms with Crippen molar-refractivity contribution < 1.29 is 4.43 Å². The van der Waals surface area contributed by atoms with E-state index in [9.17, 15) is 0 Å². The highest BCUT2D eigenvalue weighted by atomic mass is 28.2. The molecule has 0 fully saturated rings. The summed E-state index contributed by atoms with van der Waals surface area (Å²) in [6, 6.07) is 21.1. The Balaban J connectivity index is 1.79. The van der Waals surface area contributed by atoms with Crippen molar-refractivity contribution in [1.82, 2.24) is 0 Å². The first-order chi connectivity index (χ1) is 12.4. The first-order valence-corrected chi connectivity index (χ1v) is 10.5. The van der Waals surface area contributed by atoms with Crippen molar-refractivity contribution in [2.24, 2.45) is 0 Å². The predicted molar refractivity (Wildman–Crippen MR) is 110 cm³/mol. The van der Waals surface area contributed by atoms with E-state index in [0.29, 0.717) is 9.76 Å². The van der Waals surface area contributed by atoms with Crippen LogP contribution in [-0.2, 0) is 4.43 Å². The maximum atomic E-state index is 6.01. The zero-order valence-corrected chi connectivity index (χ0v) is 16.4. The van der Waals surface area contributed by atoms with Crippen LogP contribution in [-0.4, -0.2) is 16.4 Å². The van der Waals surface area contributed by atoms with Gasteiger partial charge >= 0.3 is 0 Å². The van der Waals surface area contributed by atoms with Crippen LogP contribution in [0.1, 0.15) is 63.0 Å². The molecule has 0 aliphatic carbocycles. The third-order valence-electron chi connectivity index (χ3n) is 4.23. The number of rotatable bonds is 12. The summed E-state index contributed by atoms with van der Waals surface area (Å²) < 4.78 is 6.01. The molecule has 0 unspecified atom stereocenters. The topological polar surface area (TPSA) is 9.23 Å². The minimum atomic E-state index is 0.400. The summed E-state index contributed by atoms with van der Waals surface area (Å²) in [7, 11) is 0.400. The number of benzene rings is 2. The molecule has 1 nitrogen and oxygen atoms in total. The first-order valence-electron chi connectivity index (χ1n) is 9.60. The van der Waals surface area contributed by atoms with Gasteiger partial charge in [0.1, 0.15) is 0 Å². The van der Waals surface area contributed by atoms with Crippen molar-refractivity contribution in [2.45, 2.75) is 51.9 Å². The van der Waals surface area contributed by atoms with E-state index in [4.69, 9.17) is 4.43 Å². The maximum Gasteiger partial charge on any atom is 0.269 e. The molecule has 2 aromatic carbocycles. The van der Waals surface area contributed by atoms with E-state index in [1.165, 1.54) is 61.3 Å². The summed E-state index contributed by atoms with van der Waals surface area (Å²) in [5.74, 6) is 0. The van der Waals surface area contributed by atoms with Gasteiger partial charge in [0.15, 0.2) is 0 Å². The Bertz CT molecular complexity index is 592. The Hall–Kier alpha value is -1.64. The quantitative estimate of drug-likeness (QED) is 0.239. The Kier molecular flexibility index (Phi) is 9.98. The van der Waals surface area contributed by atoms with Crippen LogP contribution < -0.4 is 0 Å². The molecule has 0 aromatic heterocycles. The highest BCUT2D eigenvalue weighted by molar-refractivity contribution is 6.57. The highest BCUT2D eigenvalue weighted by Crippen LogP contribution is 2.17. The van der Waals surface area contributed by atoms with Crippen LogP contribution in [0.3, 0.4) is 0 Å². The fraction of sp³-hybridized carbons (Fsp3) is 0.391. The van der Waals surface area contributed by atoms with Crippen LogP contribution in [0, 0.1) is 0 Å². The average molecular weight is 351 g/mol. The van der Waals surface area contributed by atoms with Gasteiger partial charge in [-0.05, 0) is 22.7 Å². The number of hydrogen-bond acceptors (Lipinski definition) is 1. The molecule has 2 radical (unpaired) electrons. The smallest absolute Gasteiger partial charge is 0.269 e. The molecule has 0 saturated carbocycles. The lowest BCUT2D eigenvalue weighted by Gasteiger charge is -2.08. The zero-order valence-electron chi connectivity index (χ0n) is 15.4. The molecule has 0 N–H and O–H groups in total. The monoisotopic (exact) mass is 350 g/mol. The molecule has 0 amide bonds. The van der Waals surface area contributed by atoms with Gasteiger partial charge in [0.2, 0.25) is 0 Å². The predicted octanol–water partition coefficient (Wildman–Crippen LogP) is 6.57. The molecule has 0 saturated heterocycles. The lowest BCUT2D eigenvalue weighted by Crippen LogP contribution is -2.04. The van der Waals surface area contributed by atoms with Crippen LogP contribution in [0.15, 0.2) is 60.7 Å². The molecule has 2 heteroatoms. The van der Waals surface area contributed by atoms with E-state index >= 15 is 0 Å². The van der Waals surface area contributed by atoms with E-state index in [0.717, 1.165) is 6.61 Å². The summed E-state index contributed by atoms with van der Waals surface area (Å²) in [4.78, 5) is 0. The third kappa shape index (κ3) is 8.33. The third-order valence-corrected chi connectivity index (χ3v) is 5.23. The van der Waals surface area contributed by atoms with Gasteiger partial charge in [-0.1, -0.05) is 112 Å². The summed E-state index contributed by atoms with van der Waals surface area (Å²) in [6.45, 7) is 3.13.